The smallest absolute Gasteiger partial charge is 0.313 e. The molecule has 0 atom stereocenters. The lowest BCUT2D eigenvalue weighted by atomic mass is 9.95. The summed E-state index contributed by atoms with van der Waals surface area (Å²) >= 11 is 0. The zero-order chi connectivity index (χ0) is 19.2. The second-order valence-electron chi connectivity index (χ2n) is 7.39. The number of nitrogens with one attached hydrogen (secondary N) is 2. The normalized spacial score (nSPS) is 19.0. The third kappa shape index (κ3) is 5.26. The number of hydrogen-bond acceptors (Lipinski definition) is 5. The molecule has 2 amide bonds. The molecule has 0 bridgehead atoms. The van der Waals surface area contributed by atoms with E-state index in [0.717, 1.165) is 32.0 Å². The predicted octanol–water partition coefficient (Wildman–Crippen LogP) is 2.30. The van der Waals surface area contributed by atoms with E-state index in [-0.39, 0.29) is 5.69 Å². The number of likely N-dealkylation sites (tertiary alicyclic amines) is 1. The van der Waals surface area contributed by atoms with E-state index < -0.39 is 16.7 Å². The molecule has 0 radical (unpaired) electrons. The van der Waals surface area contributed by atoms with Gasteiger partial charge in [-0.1, -0.05) is 12.8 Å². The van der Waals surface area contributed by atoms with Crippen molar-refractivity contribution in [2.45, 2.75) is 44.6 Å². The van der Waals surface area contributed by atoms with Crippen LogP contribution in [0.5, 0.6) is 0 Å². The molecule has 1 heterocycles. The van der Waals surface area contributed by atoms with Gasteiger partial charge < -0.3 is 15.5 Å². The Morgan fingerprint density at radius 2 is 1.67 bits per heavy atom. The molecule has 2 aliphatic rings. The molecule has 1 aliphatic carbocycles. The Morgan fingerprint density at radius 1 is 1.04 bits per heavy atom. The lowest BCUT2D eigenvalue weighted by Crippen LogP contribution is -2.44. The van der Waals surface area contributed by atoms with Crippen molar-refractivity contribution in [2.24, 2.45) is 5.92 Å². The molecule has 27 heavy (non-hydrogen) atoms. The summed E-state index contributed by atoms with van der Waals surface area (Å²) in [7, 11) is 0. The van der Waals surface area contributed by atoms with E-state index in [1.165, 1.54) is 49.9 Å². The van der Waals surface area contributed by atoms with Gasteiger partial charge in [0.2, 0.25) is 0 Å². The maximum atomic E-state index is 12.0. The van der Waals surface area contributed by atoms with Gasteiger partial charge in [-0.3, -0.25) is 19.7 Å². The molecule has 3 rings (SSSR count). The monoisotopic (exact) mass is 374 g/mol. The number of nitro benzene ring substituents is 1. The van der Waals surface area contributed by atoms with Crippen molar-refractivity contribution in [3.63, 3.8) is 0 Å². The van der Waals surface area contributed by atoms with E-state index in [4.69, 9.17) is 0 Å². The van der Waals surface area contributed by atoms with E-state index in [1.54, 1.807) is 0 Å². The summed E-state index contributed by atoms with van der Waals surface area (Å²) in [5.41, 5.74) is 0.284. The largest absolute Gasteiger partial charge is 0.348 e. The summed E-state index contributed by atoms with van der Waals surface area (Å²) in [4.78, 5) is 36.6. The lowest BCUT2D eigenvalue weighted by Gasteiger charge is -2.36. The van der Waals surface area contributed by atoms with Crippen molar-refractivity contribution in [1.82, 2.24) is 10.2 Å². The van der Waals surface area contributed by atoms with Crippen molar-refractivity contribution < 1.29 is 14.5 Å². The van der Waals surface area contributed by atoms with Gasteiger partial charge in [-0.15, -0.1) is 0 Å². The fraction of sp³-hybridized carbons (Fsp3) is 0.579. The molecule has 0 aromatic heterocycles. The van der Waals surface area contributed by atoms with Gasteiger partial charge >= 0.3 is 11.8 Å². The minimum absolute atomic E-state index is 0.0682. The third-order valence-electron chi connectivity index (χ3n) is 5.58. The highest BCUT2D eigenvalue weighted by atomic mass is 16.6. The van der Waals surface area contributed by atoms with Crippen molar-refractivity contribution in [3.05, 3.63) is 34.4 Å². The topological polar surface area (TPSA) is 105 Å². The van der Waals surface area contributed by atoms with Crippen molar-refractivity contribution in [3.8, 4) is 0 Å². The van der Waals surface area contributed by atoms with Crippen LogP contribution in [0.2, 0.25) is 0 Å². The van der Waals surface area contributed by atoms with E-state index in [1.807, 2.05) is 0 Å². The number of nitrogens with zero attached hydrogens (tertiary/aromatic N) is 2. The van der Waals surface area contributed by atoms with Crippen LogP contribution < -0.4 is 10.6 Å². The Hall–Kier alpha value is -2.48. The maximum absolute atomic E-state index is 12.0. The van der Waals surface area contributed by atoms with Crippen LogP contribution in [0.25, 0.3) is 0 Å². The Morgan fingerprint density at radius 3 is 2.26 bits per heavy atom. The van der Waals surface area contributed by atoms with Crippen molar-refractivity contribution in [2.75, 3.05) is 25.0 Å². The lowest BCUT2D eigenvalue weighted by molar-refractivity contribution is -0.384. The van der Waals surface area contributed by atoms with Gasteiger partial charge in [0.1, 0.15) is 0 Å². The predicted molar refractivity (Wildman–Crippen MR) is 101 cm³/mol. The number of carbonyl (C=O) groups excluding carboxylic acids is 2. The Labute approximate surface area is 158 Å². The first kappa shape index (κ1) is 19.3. The zero-order valence-corrected chi connectivity index (χ0v) is 15.4. The van der Waals surface area contributed by atoms with E-state index in [2.05, 4.69) is 15.5 Å². The zero-order valence-electron chi connectivity index (χ0n) is 15.4. The van der Waals surface area contributed by atoms with Gasteiger partial charge in [-0.2, -0.15) is 0 Å². The molecule has 1 aromatic rings. The second-order valence-corrected chi connectivity index (χ2v) is 7.39. The Bertz CT molecular complexity index is 677. The van der Waals surface area contributed by atoms with Crippen LogP contribution in [-0.2, 0) is 9.59 Å². The minimum atomic E-state index is -0.757. The number of hydrogen-bond donors (Lipinski definition) is 2. The van der Waals surface area contributed by atoms with Gasteiger partial charge in [0, 0.05) is 30.4 Å². The van der Waals surface area contributed by atoms with Crippen LogP contribution >= 0.6 is 0 Å². The van der Waals surface area contributed by atoms with Crippen LogP contribution in [0.4, 0.5) is 11.4 Å². The van der Waals surface area contributed by atoms with E-state index in [0.29, 0.717) is 18.2 Å². The van der Waals surface area contributed by atoms with Crippen LogP contribution in [0.15, 0.2) is 24.3 Å². The number of amides is 2. The van der Waals surface area contributed by atoms with Crippen LogP contribution in [0.3, 0.4) is 0 Å². The number of piperidine rings is 1. The maximum Gasteiger partial charge on any atom is 0.313 e. The third-order valence-corrected chi connectivity index (χ3v) is 5.58. The van der Waals surface area contributed by atoms with Crippen LogP contribution in [-0.4, -0.2) is 47.3 Å². The van der Waals surface area contributed by atoms with Gasteiger partial charge in [0.15, 0.2) is 0 Å². The number of anilines is 1. The first-order valence-electron chi connectivity index (χ1n) is 9.60. The number of non-ortho nitro benzene ring substituents is 1. The van der Waals surface area contributed by atoms with Crippen LogP contribution in [0, 0.1) is 16.0 Å². The standard InChI is InChI=1S/C19H26N4O4/c24-18(19(25)21-15-5-7-17(8-6-15)23(26)27)20-13-14-9-11-22(12-10-14)16-3-1-2-4-16/h5-8,14,16H,1-4,9-13H2,(H,20,24)(H,21,25). The fourth-order valence-corrected chi connectivity index (χ4v) is 3.96. The van der Waals surface area contributed by atoms with E-state index >= 15 is 0 Å². The summed E-state index contributed by atoms with van der Waals surface area (Å²) in [5, 5.41) is 15.8. The number of carbonyl (C=O) groups is 2. The first-order valence-corrected chi connectivity index (χ1v) is 9.60. The fourth-order valence-electron chi connectivity index (χ4n) is 3.96. The highest BCUT2D eigenvalue weighted by molar-refractivity contribution is 6.39. The molecule has 1 saturated heterocycles. The Kier molecular flexibility index (Phi) is 6.39. The van der Waals surface area contributed by atoms with Crippen molar-refractivity contribution >= 4 is 23.2 Å². The van der Waals surface area contributed by atoms with Gasteiger partial charge in [-0.25, -0.2) is 0 Å². The minimum Gasteiger partial charge on any atom is -0.348 e. The first-order chi connectivity index (χ1) is 13.0. The van der Waals surface area contributed by atoms with Gasteiger partial charge in [0.05, 0.1) is 4.92 Å². The van der Waals surface area contributed by atoms with Gasteiger partial charge in [-0.05, 0) is 56.8 Å². The highest BCUT2D eigenvalue weighted by Gasteiger charge is 2.27. The van der Waals surface area contributed by atoms with Gasteiger partial charge in [0.25, 0.3) is 5.69 Å². The summed E-state index contributed by atoms with van der Waals surface area (Å²) in [6.45, 7) is 2.64. The quantitative estimate of drug-likeness (QED) is 0.467. The molecule has 0 unspecified atom stereocenters. The highest BCUT2D eigenvalue weighted by Crippen LogP contribution is 2.27. The SMILES string of the molecule is O=C(NCC1CCN(C2CCCC2)CC1)C(=O)Nc1ccc([N+](=O)[O-])cc1. The number of rotatable bonds is 5. The van der Waals surface area contributed by atoms with Crippen molar-refractivity contribution in [1.29, 1.82) is 0 Å². The summed E-state index contributed by atoms with van der Waals surface area (Å²) < 4.78 is 0. The Balaban J connectivity index is 1.38. The summed E-state index contributed by atoms with van der Waals surface area (Å²) in [6, 6.07) is 6.12. The van der Waals surface area contributed by atoms with E-state index in [9.17, 15) is 19.7 Å². The molecule has 2 fully saturated rings. The molecular formula is C19H26N4O4. The molecule has 8 nitrogen and oxygen atoms in total. The number of benzene rings is 1. The molecule has 1 saturated carbocycles. The molecule has 0 spiro atoms. The molecule has 1 aliphatic heterocycles. The second kappa shape index (κ2) is 8.94. The molecular weight excluding hydrogens is 348 g/mol. The molecule has 146 valence electrons. The van der Waals surface area contributed by atoms with Crippen LogP contribution in [0.1, 0.15) is 38.5 Å². The summed E-state index contributed by atoms with van der Waals surface area (Å²) in [6.07, 6.45) is 7.38. The average molecular weight is 374 g/mol. The molecule has 2 N–H and O–H groups in total. The molecule has 8 heteroatoms. The average Bonchev–Trinajstić information content (AvgIpc) is 3.21. The summed E-state index contributed by atoms with van der Waals surface area (Å²) in [5.74, 6) is -1.03. The molecule has 1 aromatic carbocycles. The number of nitro groups is 1.